The molecule has 118 valence electrons. The zero-order valence-electron chi connectivity index (χ0n) is 11.5. The van der Waals surface area contributed by atoms with Crippen molar-refractivity contribution in [3.05, 3.63) is 11.7 Å². The van der Waals surface area contributed by atoms with Crippen LogP contribution in [0.5, 0.6) is 0 Å². The van der Waals surface area contributed by atoms with Gasteiger partial charge in [0.25, 0.3) is 0 Å². The molecule has 1 aromatic heterocycles. The van der Waals surface area contributed by atoms with Gasteiger partial charge in [-0.1, -0.05) is 5.16 Å². The minimum Gasteiger partial charge on any atom is -0.364 e. The molecule has 2 bridgehead atoms. The third-order valence-corrected chi connectivity index (χ3v) is 4.04. The van der Waals surface area contributed by atoms with Gasteiger partial charge in [0.2, 0.25) is 5.89 Å². The molecule has 5 nitrogen and oxygen atoms in total. The lowest BCUT2D eigenvalue weighted by Gasteiger charge is -2.27. The van der Waals surface area contributed by atoms with Crippen LogP contribution in [-0.4, -0.2) is 35.0 Å². The molecule has 3 rings (SSSR count). The molecule has 0 saturated carbocycles. The summed E-state index contributed by atoms with van der Waals surface area (Å²) in [6, 6.07) is 1.18. The first-order valence-electron chi connectivity index (χ1n) is 7.20. The van der Waals surface area contributed by atoms with E-state index in [0.29, 0.717) is 30.3 Å². The Morgan fingerprint density at radius 1 is 1.24 bits per heavy atom. The summed E-state index contributed by atoms with van der Waals surface area (Å²) in [5, 5.41) is 7.22. The largest absolute Gasteiger partial charge is 0.411 e. The van der Waals surface area contributed by atoms with Gasteiger partial charge in [-0.15, -0.1) is 0 Å². The van der Waals surface area contributed by atoms with E-state index in [2.05, 4.69) is 20.2 Å². The molecule has 0 spiro atoms. The topological polar surface area (TPSA) is 60.2 Å². The smallest absolute Gasteiger partial charge is 0.364 e. The number of hydrogen-bond acceptors (Lipinski definition) is 5. The van der Waals surface area contributed by atoms with Crippen LogP contribution in [0.3, 0.4) is 0 Å². The number of aromatic nitrogens is 2. The van der Waals surface area contributed by atoms with Crippen molar-refractivity contribution in [2.75, 3.05) is 6.61 Å². The summed E-state index contributed by atoms with van der Waals surface area (Å²) < 4.78 is 45.5. The molecule has 3 heterocycles. The number of fused-ring (bicyclic) bond motifs is 2. The Morgan fingerprint density at radius 2 is 1.95 bits per heavy atom. The fourth-order valence-electron chi connectivity index (χ4n) is 3.28. The second-order valence-corrected chi connectivity index (χ2v) is 5.89. The Bertz CT molecular complexity index is 465. The highest BCUT2D eigenvalue weighted by Gasteiger charge is 2.34. The first-order valence-corrected chi connectivity index (χ1v) is 7.20. The zero-order valence-corrected chi connectivity index (χ0v) is 11.5. The van der Waals surface area contributed by atoms with Crippen molar-refractivity contribution in [2.24, 2.45) is 5.92 Å². The number of nitrogens with one attached hydrogen (secondary N) is 1. The van der Waals surface area contributed by atoms with E-state index in [0.717, 1.165) is 12.8 Å². The first kappa shape index (κ1) is 14.8. The van der Waals surface area contributed by atoms with Gasteiger partial charge in [0, 0.05) is 18.5 Å². The highest BCUT2D eigenvalue weighted by molar-refractivity contribution is 4.95. The van der Waals surface area contributed by atoms with Crippen LogP contribution in [0, 0.1) is 5.92 Å². The minimum atomic E-state index is -4.33. The van der Waals surface area contributed by atoms with E-state index in [-0.39, 0.29) is 12.4 Å². The quantitative estimate of drug-likeness (QED) is 0.904. The Kier molecular flexibility index (Phi) is 4.17. The van der Waals surface area contributed by atoms with Gasteiger partial charge in [-0.3, -0.25) is 0 Å². The Labute approximate surface area is 120 Å². The lowest BCUT2D eigenvalue weighted by atomic mass is 9.90. The van der Waals surface area contributed by atoms with Crippen molar-refractivity contribution in [1.82, 2.24) is 15.5 Å². The van der Waals surface area contributed by atoms with Crippen molar-refractivity contribution in [1.29, 1.82) is 0 Å². The second-order valence-electron chi connectivity index (χ2n) is 5.89. The van der Waals surface area contributed by atoms with Gasteiger partial charge in [-0.05, 0) is 31.6 Å². The molecule has 2 aliphatic heterocycles. The molecule has 8 heteroatoms. The molecule has 2 aliphatic rings. The van der Waals surface area contributed by atoms with Gasteiger partial charge in [0.1, 0.15) is 13.2 Å². The molecular formula is C13H18F3N3O2. The van der Waals surface area contributed by atoms with Crippen LogP contribution in [0.1, 0.15) is 37.4 Å². The van der Waals surface area contributed by atoms with E-state index in [1.807, 2.05) is 0 Å². The average molecular weight is 305 g/mol. The molecule has 1 aromatic rings. The molecule has 0 amide bonds. The summed E-state index contributed by atoms with van der Waals surface area (Å²) in [4.78, 5) is 4.10. The van der Waals surface area contributed by atoms with E-state index < -0.39 is 12.8 Å². The maximum Gasteiger partial charge on any atom is 0.411 e. The van der Waals surface area contributed by atoms with Crippen LogP contribution >= 0.6 is 0 Å². The van der Waals surface area contributed by atoms with Crippen LogP contribution in [0.25, 0.3) is 0 Å². The monoisotopic (exact) mass is 305 g/mol. The van der Waals surface area contributed by atoms with Gasteiger partial charge in [0.05, 0.1) is 0 Å². The summed E-state index contributed by atoms with van der Waals surface area (Å²) in [6.45, 7) is -1.57. The van der Waals surface area contributed by atoms with Crippen LogP contribution in [0.15, 0.2) is 4.52 Å². The molecule has 0 radical (unpaired) electrons. The molecule has 0 aliphatic carbocycles. The summed E-state index contributed by atoms with van der Waals surface area (Å²) in [7, 11) is 0. The van der Waals surface area contributed by atoms with E-state index in [1.165, 1.54) is 12.8 Å². The van der Waals surface area contributed by atoms with Gasteiger partial charge >= 0.3 is 6.18 Å². The predicted molar refractivity (Wildman–Crippen MR) is 66.4 cm³/mol. The number of nitrogens with zero attached hydrogens (tertiary/aromatic N) is 2. The molecule has 1 N–H and O–H groups in total. The van der Waals surface area contributed by atoms with E-state index in [4.69, 9.17) is 4.52 Å². The molecule has 2 saturated heterocycles. The summed E-state index contributed by atoms with van der Waals surface area (Å²) >= 11 is 0. The molecule has 0 aromatic carbocycles. The number of hydrogen-bond donors (Lipinski definition) is 1. The van der Waals surface area contributed by atoms with Crippen molar-refractivity contribution >= 4 is 0 Å². The summed E-state index contributed by atoms with van der Waals surface area (Å²) in [6.07, 6.45) is 1.00. The first-order chi connectivity index (χ1) is 9.98. The van der Waals surface area contributed by atoms with Gasteiger partial charge in [-0.25, -0.2) is 0 Å². The van der Waals surface area contributed by atoms with E-state index in [1.54, 1.807) is 0 Å². The maximum absolute atomic E-state index is 12.0. The zero-order chi connectivity index (χ0) is 14.9. The normalized spacial score (nSPS) is 29.0. The lowest BCUT2D eigenvalue weighted by molar-refractivity contribution is -0.177. The van der Waals surface area contributed by atoms with E-state index in [9.17, 15) is 13.2 Å². The van der Waals surface area contributed by atoms with E-state index >= 15 is 0 Å². The standard InChI is InChI=1S/C13H18F3N3O2/c14-13(15,16)7-20-6-11-18-12(21-19-11)5-8-3-9-1-2-10(4-8)17-9/h8-10,17H,1-7H2. The summed E-state index contributed by atoms with van der Waals surface area (Å²) in [5.74, 6) is 1.17. The lowest BCUT2D eigenvalue weighted by Crippen LogP contribution is -2.38. The SMILES string of the molecule is FC(F)(F)COCc1noc(CC2CC3CCC(C2)N3)n1. The average Bonchev–Trinajstić information content (AvgIpc) is 2.95. The second kappa shape index (κ2) is 5.92. The number of alkyl halides is 3. The fraction of sp³-hybridized carbons (Fsp3) is 0.846. The van der Waals surface area contributed by atoms with Crippen molar-refractivity contribution in [3.63, 3.8) is 0 Å². The third kappa shape index (κ3) is 4.16. The van der Waals surface area contributed by atoms with Crippen LogP contribution in [-0.2, 0) is 17.8 Å². The fourth-order valence-corrected chi connectivity index (χ4v) is 3.28. The molecule has 2 unspecified atom stereocenters. The van der Waals surface area contributed by atoms with Crippen LogP contribution < -0.4 is 5.32 Å². The van der Waals surface area contributed by atoms with Crippen molar-refractivity contribution in [2.45, 2.75) is 57.0 Å². The number of piperidine rings is 1. The van der Waals surface area contributed by atoms with Gasteiger partial charge in [0.15, 0.2) is 5.82 Å². The minimum absolute atomic E-state index is 0.172. The number of rotatable bonds is 5. The molecular weight excluding hydrogens is 287 g/mol. The highest BCUT2D eigenvalue weighted by Crippen LogP contribution is 2.32. The van der Waals surface area contributed by atoms with Crippen LogP contribution in [0.2, 0.25) is 0 Å². The highest BCUT2D eigenvalue weighted by atomic mass is 19.4. The van der Waals surface area contributed by atoms with Gasteiger partial charge < -0.3 is 14.6 Å². The Morgan fingerprint density at radius 3 is 2.62 bits per heavy atom. The predicted octanol–water partition coefficient (Wildman–Crippen LogP) is 2.22. The van der Waals surface area contributed by atoms with Crippen molar-refractivity contribution in [3.8, 4) is 0 Å². The summed E-state index contributed by atoms with van der Waals surface area (Å²) in [5.41, 5.74) is 0. The Balaban J connectivity index is 1.46. The Hall–Kier alpha value is -1.15. The number of halogens is 3. The van der Waals surface area contributed by atoms with Crippen LogP contribution in [0.4, 0.5) is 13.2 Å². The van der Waals surface area contributed by atoms with Gasteiger partial charge in [-0.2, -0.15) is 18.2 Å². The maximum atomic E-state index is 12.0. The number of ether oxygens (including phenoxy) is 1. The van der Waals surface area contributed by atoms with Crippen molar-refractivity contribution < 1.29 is 22.4 Å². The third-order valence-electron chi connectivity index (χ3n) is 4.04. The molecule has 21 heavy (non-hydrogen) atoms. The molecule has 2 atom stereocenters. The molecule has 2 fully saturated rings.